The SMILES string of the molecule is CCOC(=O)COc1ccc(/C=C2/NC(=O)N(Cc3ccccc3F)C2=O)cc1I. The van der Waals surface area contributed by atoms with Crippen LogP contribution >= 0.6 is 22.6 Å². The van der Waals surface area contributed by atoms with Gasteiger partial charge >= 0.3 is 12.0 Å². The molecule has 0 bridgehead atoms. The molecule has 1 aliphatic heterocycles. The highest BCUT2D eigenvalue weighted by atomic mass is 127. The molecule has 0 saturated carbocycles. The van der Waals surface area contributed by atoms with E-state index in [1.54, 1.807) is 31.2 Å². The Labute approximate surface area is 186 Å². The Morgan fingerprint density at radius 3 is 2.70 bits per heavy atom. The summed E-state index contributed by atoms with van der Waals surface area (Å²) in [5, 5.41) is 2.51. The Morgan fingerprint density at radius 1 is 1.23 bits per heavy atom. The van der Waals surface area contributed by atoms with Gasteiger partial charge in [-0.15, -0.1) is 0 Å². The summed E-state index contributed by atoms with van der Waals surface area (Å²) < 4.78 is 24.8. The second-order valence-corrected chi connectivity index (χ2v) is 7.42. The van der Waals surface area contributed by atoms with E-state index in [0.29, 0.717) is 14.9 Å². The predicted octanol–water partition coefficient (Wildman–Crippen LogP) is 3.47. The summed E-state index contributed by atoms with van der Waals surface area (Å²) in [6.07, 6.45) is 1.53. The number of rotatable bonds is 7. The van der Waals surface area contributed by atoms with Crippen LogP contribution in [0.15, 0.2) is 48.2 Å². The van der Waals surface area contributed by atoms with Crippen molar-refractivity contribution in [2.45, 2.75) is 13.5 Å². The maximum absolute atomic E-state index is 13.9. The lowest BCUT2D eigenvalue weighted by atomic mass is 10.1. The summed E-state index contributed by atoms with van der Waals surface area (Å²) in [6, 6.07) is 10.5. The lowest BCUT2D eigenvalue weighted by molar-refractivity contribution is -0.145. The van der Waals surface area contributed by atoms with E-state index in [1.807, 2.05) is 22.6 Å². The molecule has 1 aliphatic rings. The highest BCUT2D eigenvalue weighted by Crippen LogP contribution is 2.24. The number of hydrogen-bond acceptors (Lipinski definition) is 5. The van der Waals surface area contributed by atoms with Gasteiger partial charge in [-0.25, -0.2) is 14.0 Å². The van der Waals surface area contributed by atoms with Gasteiger partial charge in [0, 0.05) is 5.56 Å². The molecule has 9 heteroatoms. The van der Waals surface area contributed by atoms with Gasteiger partial charge in [-0.1, -0.05) is 24.3 Å². The first-order chi connectivity index (χ1) is 14.4. The normalized spacial score (nSPS) is 14.8. The number of benzene rings is 2. The number of nitrogens with zero attached hydrogens (tertiary/aromatic N) is 1. The molecule has 30 heavy (non-hydrogen) atoms. The third-order valence-corrected chi connectivity index (χ3v) is 5.01. The number of nitrogens with one attached hydrogen (secondary N) is 1. The quantitative estimate of drug-likeness (QED) is 0.260. The standard InChI is InChI=1S/C21H18FIN2O5/c1-2-29-19(26)12-30-18-8-7-13(9-16(18)23)10-17-20(27)25(21(28)24-17)11-14-5-3-4-6-15(14)22/h3-10H,2,11-12H2,1H3,(H,24,28)/b17-10+. The average molecular weight is 524 g/mol. The van der Waals surface area contributed by atoms with E-state index in [0.717, 1.165) is 4.90 Å². The second kappa shape index (κ2) is 9.70. The minimum Gasteiger partial charge on any atom is -0.481 e. The van der Waals surface area contributed by atoms with Crippen LogP contribution in [0.4, 0.5) is 9.18 Å². The fraction of sp³-hybridized carbons (Fsp3) is 0.190. The molecule has 0 spiro atoms. The number of ether oxygens (including phenoxy) is 2. The molecule has 1 heterocycles. The van der Waals surface area contributed by atoms with Gasteiger partial charge < -0.3 is 14.8 Å². The maximum Gasteiger partial charge on any atom is 0.344 e. The molecule has 7 nitrogen and oxygen atoms in total. The van der Waals surface area contributed by atoms with Gasteiger partial charge in [0.15, 0.2) is 6.61 Å². The summed E-state index contributed by atoms with van der Waals surface area (Å²) >= 11 is 2.04. The highest BCUT2D eigenvalue weighted by molar-refractivity contribution is 14.1. The Morgan fingerprint density at radius 2 is 2.00 bits per heavy atom. The van der Waals surface area contributed by atoms with E-state index < -0.39 is 23.7 Å². The monoisotopic (exact) mass is 524 g/mol. The lowest BCUT2D eigenvalue weighted by Crippen LogP contribution is -2.30. The van der Waals surface area contributed by atoms with E-state index in [2.05, 4.69) is 5.32 Å². The number of halogens is 2. The fourth-order valence-corrected chi connectivity index (χ4v) is 3.44. The molecule has 0 aromatic heterocycles. The Kier molecular flexibility index (Phi) is 7.03. The number of amides is 3. The number of esters is 1. The maximum atomic E-state index is 13.9. The van der Waals surface area contributed by atoms with Crippen LogP contribution in [0.3, 0.4) is 0 Å². The van der Waals surface area contributed by atoms with Crippen molar-refractivity contribution in [2.75, 3.05) is 13.2 Å². The van der Waals surface area contributed by atoms with Crippen molar-refractivity contribution in [2.24, 2.45) is 0 Å². The van der Waals surface area contributed by atoms with Gasteiger partial charge in [-0.2, -0.15) is 0 Å². The highest BCUT2D eigenvalue weighted by Gasteiger charge is 2.34. The zero-order chi connectivity index (χ0) is 21.7. The van der Waals surface area contributed by atoms with Gasteiger partial charge in [0.2, 0.25) is 0 Å². The number of carbonyl (C=O) groups excluding carboxylic acids is 3. The molecule has 2 aromatic rings. The third kappa shape index (κ3) is 5.15. The first-order valence-electron chi connectivity index (χ1n) is 9.05. The molecule has 156 valence electrons. The van der Waals surface area contributed by atoms with Crippen molar-refractivity contribution in [3.8, 4) is 5.75 Å². The number of urea groups is 1. The van der Waals surface area contributed by atoms with Crippen LogP contribution < -0.4 is 10.1 Å². The van der Waals surface area contributed by atoms with Crippen molar-refractivity contribution in [3.63, 3.8) is 0 Å². The summed E-state index contributed by atoms with van der Waals surface area (Å²) in [7, 11) is 0. The molecule has 0 unspecified atom stereocenters. The van der Waals surface area contributed by atoms with Crippen LogP contribution in [0.1, 0.15) is 18.1 Å². The van der Waals surface area contributed by atoms with Gasteiger partial charge in [0.1, 0.15) is 17.3 Å². The van der Waals surface area contributed by atoms with Gasteiger partial charge in [-0.3, -0.25) is 9.69 Å². The fourth-order valence-electron chi connectivity index (χ4n) is 2.74. The molecule has 0 aliphatic carbocycles. The van der Waals surface area contributed by atoms with Crippen molar-refractivity contribution in [1.82, 2.24) is 10.2 Å². The number of hydrogen-bond donors (Lipinski definition) is 1. The predicted molar refractivity (Wildman–Crippen MR) is 115 cm³/mol. The van der Waals surface area contributed by atoms with E-state index in [4.69, 9.17) is 9.47 Å². The number of imide groups is 1. The van der Waals surface area contributed by atoms with Crippen molar-refractivity contribution >= 4 is 46.6 Å². The number of carbonyl (C=O) groups is 3. The van der Waals surface area contributed by atoms with E-state index >= 15 is 0 Å². The van der Waals surface area contributed by atoms with Gasteiger partial charge in [0.05, 0.1) is 16.7 Å². The summed E-state index contributed by atoms with van der Waals surface area (Å²) in [5.41, 5.74) is 0.992. The van der Waals surface area contributed by atoms with Crippen LogP contribution in [0.2, 0.25) is 0 Å². The minimum atomic E-state index is -0.612. The molecule has 3 amide bonds. The Bertz CT molecular complexity index is 1020. The van der Waals surface area contributed by atoms with E-state index in [1.165, 1.54) is 24.3 Å². The second-order valence-electron chi connectivity index (χ2n) is 6.25. The molecular weight excluding hydrogens is 506 g/mol. The summed E-state index contributed by atoms with van der Waals surface area (Å²) in [4.78, 5) is 37.2. The molecule has 0 radical (unpaired) electrons. The Hall–Kier alpha value is -2.95. The first-order valence-corrected chi connectivity index (χ1v) is 10.1. The smallest absolute Gasteiger partial charge is 0.344 e. The van der Waals surface area contributed by atoms with Gasteiger partial charge in [0.25, 0.3) is 5.91 Å². The van der Waals surface area contributed by atoms with E-state index in [9.17, 15) is 18.8 Å². The molecule has 0 atom stereocenters. The molecule has 1 fully saturated rings. The third-order valence-electron chi connectivity index (χ3n) is 4.17. The van der Waals surface area contributed by atoms with Crippen LogP contribution in [0.25, 0.3) is 6.08 Å². The topological polar surface area (TPSA) is 84.9 Å². The van der Waals surface area contributed by atoms with E-state index in [-0.39, 0.29) is 31.0 Å². The Balaban J connectivity index is 1.71. The van der Waals surface area contributed by atoms with Gasteiger partial charge in [-0.05, 0) is 59.4 Å². The lowest BCUT2D eigenvalue weighted by Gasteiger charge is -2.12. The van der Waals surface area contributed by atoms with Crippen molar-refractivity contribution < 1.29 is 28.2 Å². The summed E-state index contributed by atoms with van der Waals surface area (Å²) in [6.45, 7) is 1.63. The van der Waals surface area contributed by atoms with Crippen molar-refractivity contribution in [3.05, 3.63) is 68.7 Å². The van der Waals surface area contributed by atoms with Crippen LogP contribution in [0, 0.1) is 9.39 Å². The molecule has 3 rings (SSSR count). The van der Waals surface area contributed by atoms with Crippen LogP contribution in [0.5, 0.6) is 5.75 Å². The van der Waals surface area contributed by atoms with Crippen molar-refractivity contribution in [1.29, 1.82) is 0 Å². The summed E-state index contributed by atoms with van der Waals surface area (Å²) in [5.74, 6) is -0.994. The zero-order valence-corrected chi connectivity index (χ0v) is 18.1. The van der Waals surface area contributed by atoms with Crippen LogP contribution in [-0.4, -0.2) is 36.0 Å². The molecular formula is C21H18FIN2O5. The zero-order valence-electron chi connectivity index (χ0n) is 16.0. The minimum absolute atomic E-state index is 0.0901. The van der Waals surface area contributed by atoms with Crippen LogP contribution in [-0.2, 0) is 20.9 Å². The largest absolute Gasteiger partial charge is 0.481 e. The average Bonchev–Trinajstić information content (AvgIpc) is 2.96. The molecule has 1 saturated heterocycles. The molecule has 2 aromatic carbocycles. The first kappa shape index (κ1) is 21.8. The molecule has 1 N–H and O–H groups in total.